The molecule has 106 valence electrons. The molecule has 21 heavy (non-hydrogen) atoms. The fourth-order valence-electron chi connectivity index (χ4n) is 2.17. The summed E-state index contributed by atoms with van der Waals surface area (Å²) in [6.07, 6.45) is 0. The zero-order valence-electron chi connectivity index (χ0n) is 11.7. The van der Waals surface area contributed by atoms with Gasteiger partial charge in [0.05, 0.1) is 0 Å². The van der Waals surface area contributed by atoms with E-state index in [1.54, 1.807) is 13.0 Å². The summed E-state index contributed by atoms with van der Waals surface area (Å²) in [6, 6.07) is 3.59. The van der Waals surface area contributed by atoms with Crippen LogP contribution in [0.15, 0.2) is 28.1 Å². The Morgan fingerprint density at radius 2 is 1.95 bits per heavy atom. The van der Waals surface area contributed by atoms with E-state index < -0.39 is 0 Å². The number of azo groups is 1. The molecule has 1 aromatic heterocycles. The molecule has 0 fully saturated rings. The number of Topliss-reactive ketones (excluding diaryl/α,β-unsaturated/α-hetero) is 1. The Balaban J connectivity index is 2.02. The second-order valence-corrected chi connectivity index (χ2v) is 5.51. The van der Waals surface area contributed by atoms with E-state index in [0.717, 1.165) is 22.7 Å². The second-order valence-electron chi connectivity index (χ2n) is 4.78. The van der Waals surface area contributed by atoms with Gasteiger partial charge < -0.3 is 5.11 Å². The Morgan fingerprint density at radius 1 is 1.19 bits per heavy atom. The lowest BCUT2D eigenvalue weighted by Gasteiger charge is -2.05. The van der Waals surface area contributed by atoms with Crippen LogP contribution in [-0.2, 0) is 0 Å². The Hall–Kier alpha value is -2.41. The van der Waals surface area contributed by atoms with Crippen LogP contribution in [0, 0.1) is 20.8 Å². The molecule has 3 rings (SSSR count). The minimum atomic E-state index is -0.311. The van der Waals surface area contributed by atoms with Gasteiger partial charge in [0.2, 0.25) is 10.9 Å². The highest BCUT2D eigenvalue weighted by molar-refractivity contribution is 7.09. The average Bonchev–Trinajstić information content (AvgIpc) is 2.96. The normalized spacial score (nSPS) is 14.3. The molecule has 0 radical (unpaired) electrons. The van der Waals surface area contributed by atoms with Gasteiger partial charge in [-0.05, 0) is 31.9 Å². The van der Waals surface area contributed by atoms with Crippen molar-refractivity contribution in [2.24, 2.45) is 10.2 Å². The minimum Gasteiger partial charge on any atom is -0.505 e. The van der Waals surface area contributed by atoms with E-state index >= 15 is 0 Å². The first kappa shape index (κ1) is 13.6. The highest BCUT2D eigenvalue weighted by Gasteiger charge is 2.32. The van der Waals surface area contributed by atoms with Crippen molar-refractivity contribution >= 4 is 28.2 Å². The maximum atomic E-state index is 12.4. The number of aliphatic hydroxyl groups is 1. The molecular formula is C14H12N4O2S. The molecule has 0 saturated heterocycles. The number of carbonyl (C=O) groups excluding carboxylic acids is 1. The van der Waals surface area contributed by atoms with Crippen LogP contribution in [0.1, 0.15) is 32.9 Å². The van der Waals surface area contributed by atoms with Crippen LogP contribution in [0.5, 0.6) is 0 Å². The van der Waals surface area contributed by atoms with Gasteiger partial charge in [-0.15, -0.1) is 10.2 Å². The maximum Gasteiger partial charge on any atom is 0.249 e. The van der Waals surface area contributed by atoms with Crippen molar-refractivity contribution in [3.05, 3.63) is 45.9 Å². The molecule has 0 spiro atoms. The van der Waals surface area contributed by atoms with E-state index in [-0.39, 0.29) is 17.2 Å². The van der Waals surface area contributed by atoms with Crippen LogP contribution in [0.25, 0.3) is 5.76 Å². The van der Waals surface area contributed by atoms with Crippen LogP contribution in [-0.4, -0.2) is 20.2 Å². The third-order valence-corrected chi connectivity index (χ3v) is 4.10. The van der Waals surface area contributed by atoms with Gasteiger partial charge in [-0.25, -0.2) is 4.98 Å². The molecule has 1 N–H and O–H groups in total. The van der Waals surface area contributed by atoms with Gasteiger partial charge in [-0.2, -0.15) is 4.37 Å². The predicted octanol–water partition coefficient (Wildman–Crippen LogP) is 3.67. The molecule has 0 unspecified atom stereocenters. The third kappa shape index (κ3) is 2.15. The van der Waals surface area contributed by atoms with Crippen molar-refractivity contribution in [2.45, 2.75) is 20.8 Å². The number of allylic oxidation sites excluding steroid dienone is 1. The van der Waals surface area contributed by atoms with E-state index in [2.05, 4.69) is 19.6 Å². The highest BCUT2D eigenvalue weighted by atomic mass is 32.1. The van der Waals surface area contributed by atoms with Gasteiger partial charge in [0.1, 0.15) is 5.82 Å². The molecule has 0 aliphatic heterocycles. The van der Waals surface area contributed by atoms with Crippen molar-refractivity contribution in [3.63, 3.8) is 0 Å². The molecule has 0 amide bonds. The van der Waals surface area contributed by atoms with Crippen molar-refractivity contribution in [2.75, 3.05) is 0 Å². The fourth-order valence-corrected chi connectivity index (χ4v) is 2.68. The smallest absolute Gasteiger partial charge is 0.249 e. The monoisotopic (exact) mass is 300 g/mol. The number of nitrogens with zero attached hydrogens (tertiary/aromatic N) is 4. The number of aromatic nitrogens is 2. The van der Waals surface area contributed by atoms with Crippen LogP contribution in [0.4, 0.5) is 5.13 Å². The summed E-state index contributed by atoms with van der Waals surface area (Å²) in [7, 11) is 0. The summed E-state index contributed by atoms with van der Waals surface area (Å²) < 4.78 is 3.98. The molecule has 0 bridgehead atoms. The average molecular weight is 300 g/mol. The van der Waals surface area contributed by atoms with Gasteiger partial charge in [0, 0.05) is 22.7 Å². The summed E-state index contributed by atoms with van der Waals surface area (Å²) in [5, 5.41) is 18.3. The van der Waals surface area contributed by atoms with E-state index in [0.29, 0.717) is 22.1 Å². The van der Waals surface area contributed by atoms with Gasteiger partial charge >= 0.3 is 0 Å². The summed E-state index contributed by atoms with van der Waals surface area (Å²) in [5.41, 5.74) is 2.79. The number of hydrogen-bond donors (Lipinski definition) is 1. The van der Waals surface area contributed by atoms with E-state index in [1.807, 2.05) is 19.9 Å². The van der Waals surface area contributed by atoms with Crippen molar-refractivity contribution in [1.82, 2.24) is 9.36 Å². The summed E-state index contributed by atoms with van der Waals surface area (Å²) >= 11 is 1.09. The maximum absolute atomic E-state index is 12.4. The molecule has 0 atom stereocenters. The molecule has 6 nitrogen and oxygen atoms in total. The number of benzene rings is 1. The van der Waals surface area contributed by atoms with Crippen LogP contribution >= 0.6 is 11.5 Å². The number of aryl methyl sites for hydroxylation is 2. The summed E-state index contributed by atoms with van der Waals surface area (Å²) in [5.74, 6) is 0.149. The molecule has 1 aromatic carbocycles. The zero-order valence-corrected chi connectivity index (χ0v) is 12.5. The number of fused-ring (bicyclic) bond motifs is 1. The number of aliphatic hydroxyl groups excluding tert-OH is 1. The van der Waals surface area contributed by atoms with Gasteiger partial charge in [0.15, 0.2) is 11.5 Å². The molecule has 2 aromatic rings. The van der Waals surface area contributed by atoms with Crippen molar-refractivity contribution in [1.29, 1.82) is 0 Å². The number of rotatable bonds is 2. The predicted molar refractivity (Wildman–Crippen MR) is 79.0 cm³/mol. The number of hydrogen-bond acceptors (Lipinski definition) is 7. The van der Waals surface area contributed by atoms with E-state index in [4.69, 9.17) is 0 Å². The Morgan fingerprint density at radius 3 is 2.62 bits per heavy atom. The van der Waals surface area contributed by atoms with Crippen molar-refractivity contribution < 1.29 is 9.90 Å². The standard InChI is InChI=1S/C14H12N4O2S/c1-6-4-5-9-10(7(6)2)13(20)11(12(9)19)16-17-14-15-8(3)18-21-14/h4-5,19H,1-3H3. The zero-order chi connectivity index (χ0) is 15.1. The highest BCUT2D eigenvalue weighted by Crippen LogP contribution is 2.35. The quantitative estimate of drug-likeness (QED) is 0.857. The molecule has 1 aliphatic rings. The lowest BCUT2D eigenvalue weighted by Crippen LogP contribution is -2.01. The van der Waals surface area contributed by atoms with E-state index in [9.17, 15) is 9.90 Å². The van der Waals surface area contributed by atoms with Crippen LogP contribution in [0.2, 0.25) is 0 Å². The molecular weight excluding hydrogens is 288 g/mol. The Kier molecular flexibility index (Phi) is 3.13. The first-order chi connectivity index (χ1) is 9.99. The number of ketones is 1. The van der Waals surface area contributed by atoms with E-state index in [1.165, 1.54) is 0 Å². The van der Waals surface area contributed by atoms with Gasteiger partial charge in [0.25, 0.3) is 0 Å². The Labute approximate surface area is 125 Å². The lowest BCUT2D eigenvalue weighted by molar-refractivity contribution is 0.103. The fraction of sp³-hybridized carbons (Fsp3) is 0.214. The largest absolute Gasteiger partial charge is 0.505 e. The molecule has 7 heteroatoms. The first-order valence-electron chi connectivity index (χ1n) is 6.29. The molecule has 1 aliphatic carbocycles. The second kappa shape index (κ2) is 4.85. The number of carbonyl (C=O) groups is 1. The lowest BCUT2D eigenvalue weighted by atomic mass is 9.98. The Bertz CT molecular complexity index is 820. The first-order valence-corrected chi connectivity index (χ1v) is 7.07. The van der Waals surface area contributed by atoms with Crippen LogP contribution < -0.4 is 0 Å². The van der Waals surface area contributed by atoms with Crippen LogP contribution in [0.3, 0.4) is 0 Å². The van der Waals surface area contributed by atoms with Crippen molar-refractivity contribution in [3.8, 4) is 0 Å². The van der Waals surface area contributed by atoms with Gasteiger partial charge in [-0.3, -0.25) is 4.79 Å². The summed E-state index contributed by atoms with van der Waals surface area (Å²) in [4.78, 5) is 16.4. The summed E-state index contributed by atoms with van der Waals surface area (Å²) in [6.45, 7) is 5.52. The molecule has 1 heterocycles. The molecule has 0 saturated carbocycles. The third-order valence-electron chi connectivity index (χ3n) is 3.41. The SMILES string of the molecule is Cc1nsc(N=NC2=C(O)c3ccc(C)c(C)c3C2=O)n1. The minimum absolute atomic E-state index is 0.0495. The topological polar surface area (TPSA) is 87.8 Å². The van der Waals surface area contributed by atoms with Gasteiger partial charge in [-0.1, -0.05) is 12.1 Å².